The fraction of sp³-hybridized carbons (Fsp3) is 0.154. The van der Waals surface area contributed by atoms with Crippen molar-refractivity contribution in [2.45, 2.75) is 24.6 Å². The van der Waals surface area contributed by atoms with E-state index in [2.05, 4.69) is 23.5 Å². The molecule has 3 heterocycles. The van der Waals surface area contributed by atoms with Crippen molar-refractivity contribution >= 4 is 29.5 Å². The van der Waals surface area contributed by atoms with Gasteiger partial charge in [-0.1, -0.05) is 72.8 Å². The highest BCUT2D eigenvalue weighted by Crippen LogP contribution is 2.53. The fourth-order valence-corrected chi connectivity index (χ4v) is 5.60. The minimum atomic E-state index is -1.11. The second kappa shape index (κ2) is 7.28. The summed E-state index contributed by atoms with van der Waals surface area (Å²) in [6, 6.07) is 26.2. The first-order valence-electron chi connectivity index (χ1n) is 10.6. The van der Waals surface area contributed by atoms with Gasteiger partial charge in [0, 0.05) is 12.0 Å². The highest BCUT2D eigenvalue weighted by molar-refractivity contribution is 8.05. The Hall–Kier alpha value is -3.51. The van der Waals surface area contributed by atoms with E-state index in [1.54, 1.807) is 0 Å². The van der Waals surface area contributed by atoms with Crippen molar-refractivity contribution in [2.24, 2.45) is 5.10 Å². The van der Waals surface area contributed by atoms with Gasteiger partial charge < -0.3 is 4.74 Å². The number of para-hydroxylation sites is 1. The third-order valence-corrected chi connectivity index (χ3v) is 7.24. The molecule has 1 spiro atoms. The molecule has 3 aromatic rings. The third kappa shape index (κ3) is 3.02. The number of benzene rings is 3. The van der Waals surface area contributed by atoms with E-state index in [4.69, 9.17) is 9.84 Å². The Labute approximate surface area is 190 Å². The number of fused-ring (bicyclic) bond motifs is 4. The lowest BCUT2D eigenvalue weighted by Crippen LogP contribution is -2.58. The summed E-state index contributed by atoms with van der Waals surface area (Å²) in [5.41, 5.74) is 5.29. The van der Waals surface area contributed by atoms with E-state index in [-0.39, 0.29) is 11.9 Å². The molecule has 1 amide bonds. The van der Waals surface area contributed by atoms with Crippen molar-refractivity contribution in [3.8, 4) is 5.75 Å². The van der Waals surface area contributed by atoms with E-state index in [1.807, 2.05) is 78.7 Å². The number of amides is 1. The fourth-order valence-electron chi connectivity index (χ4n) is 4.43. The first kappa shape index (κ1) is 19.2. The first-order chi connectivity index (χ1) is 15.6. The predicted octanol–water partition coefficient (Wildman–Crippen LogP) is 5.05. The number of nitrogens with zero attached hydrogens (tertiary/aromatic N) is 2. The zero-order valence-corrected chi connectivity index (χ0v) is 18.3. The zero-order chi connectivity index (χ0) is 21.7. The first-order valence-corrected chi connectivity index (χ1v) is 11.4. The molecule has 5 nitrogen and oxygen atoms in total. The van der Waals surface area contributed by atoms with E-state index in [0.29, 0.717) is 4.91 Å². The number of aryl methyl sites for hydroxylation is 1. The Morgan fingerprint density at radius 3 is 2.66 bits per heavy atom. The number of ether oxygens (including phenoxy) is 1. The molecule has 3 aromatic carbocycles. The number of carbonyl (C=O) groups excluding carboxylic acids is 1. The molecule has 1 N–H and O–H groups in total. The van der Waals surface area contributed by atoms with Gasteiger partial charge in [0.15, 0.2) is 0 Å². The summed E-state index contributed by atoms with van der Waals surface area (Å²) >= 11 is 1.38. The van der Waals surface area contributed by atoms with Crippen molar-refractivity contribution in [3.63, 3.8) is 0 Å². The monoisotopic (exact) mass is 439 g/mol. The normalized spacial score (nSPS) is 24.7. The van der Waals surface area contributed by atoms with Gasteiger partial charge in [-0.15, -0.1) is 0 Å². The van der Waals surface area contributed by atoms with E-state index in [1.165, 1.54) is 11.8 Å². The van der Waals surface area contributed by atoms with Crippen LogP contribution in [0.3, 0.4) is 0 Å². The molecule has 1 saturated heterocycles. The van der Waals surface area contributed by atoms with Crippen LogP contribution in [0.25, 0.3) is 6.08 Å². The highest BCUT2D eigenvalue weighted by atomic mass is 32.2. The molecule has 0 bridgehead atoms. The summed E-state index contributed by atoms with van der Waals surface area (Å²) < 4.78 is 6.46. The van der Waals surface area contributed by atoms with Crippen molar-refractivity contribution in [1.82, 2.24) is 10.3 Å². The Morgan fingerprint density at radius 2 is 1.81 bits per heavy atom. The SMILES string of the molecule is Cc1ccccc1/C=C1\SC2(NC1=O)Oc1ccccc1C1CC(c3ccccc3)=NN12. The lowest BCUT2D eigenvalue weighted by molar-refractivity contribution is -0.127. The van der Waals surface area contributed by atoms with Gasteiger partial charge in [-0.3, -0.25) is 10.1 Å². The van der Waals surface area contributed by atoms with Crippen molar-refractivity contribution in [2.75, 3.05) is 0 Å². The smallest absolute Gasteiger partial charge is 0.336 e. The minimum Gasteiger partial charge on any atom is -0.439 e. The van der Waals surface area contributed by atoms with Crippen LogP contribution >= 0.6 is 11.8 Å². The van der Waals surface area contributed by atoms with Gasteiger partial charge in [0.2, 0.25) is 0 Å². The van der Waals surface area contributed by atoms with Gasteiger partial charge in [0.1, 0.15) is 5.75 Å². The number of carbonyl (C=O) groups is 1. The largest absolute Gasteiger partial charge is 0.439 e. The van der Waals surface area contributed by atoms with E-state index >= 15 is 0 Å². The van der Waals surface area contributed by atoms with Crippen LogP contribution < -0.4 is 10.1 Å². The summed E-state index contributed by atoms with van der Waals surface area (Å²) in [5.74, 6) is 0.628. The van der Waals surface area contributed by atoms with E-state index in [9.17, 15) is 4.79 Å². The molecule has 3 aliphatic heterocycles. The van der Waals surface area contributed by atoms with Crippen LogP contribution in [0.5, 0.6) is 5.75 Å². The second-order valence-corrected chi connectivity index (χ2v) is 9.32. The maximum Gasteiger partial charge on any atom is 0.336 e. The van der Waals surface area contributed by atoms with Crippen LogP contribution in [0.2, 0.25) is 0 Å². The van der Waals surface area contributed by atoms with Gasteiger partial charge in [0.05, 0.1) is 16.7 Å². The molecule has 0 aromatic heterocycles. The Morgan fingerprint density at radius 1 is 1.06 bits per heavy atom. The molecule has 6 heteroatoms. The van der Waals surface area contributed by atoms with Crippen LogP contribution in [0.4, 0.5) is 0 Å². The summed E-state index contributed by atoms with van der Waals surface area (Å²) in [5, 5.41) is 8.89. The van der Waals surface area contributed by atoms with Crippen LogP contribution in [0.15, 0.2) is 88.9 Å². The standard InChI is InChI=1S/C26H21N3O2S/c1-17-9-5-6-12-19(17)15-24-25(30)27-26(32-24)29-22(20-13-7-8-14-23(20)31-26)16-21(28-29)18-10-3-2-4-11-18/h2-15,22H,16H2,1H3,(H,27,30)/b24-15-. The second-order valence-electron chi connectivity index (χ2n) is 8.12. The van der Waals surface area contributed by atoms with Crippen molar-refractivity contribution < 1.29 is 9.53 Å². The molecule has 2 unspecified atom stereocenters. The molecular weight excluding hydrogens is 418 g/mol. The zero-order valence-electron chi connectivity index (χ0n) is 17.5. The van der Waals surface area contributed by atoms with Gasteiger partial charge in [-0.2, -0.15) is 5.10 Å². The molecule has 0 aliphatic carbocycles. The maximum absolute atomic E-state index is 13.1. The Balaban J connectivity index is 1.44. The molecule has 6 rings (SSSR count). The summed E-state index contributed by atoms with van der Waals surface area (Å²) in [7, 11) is 0. The number of nitrogens with one attached hydrogen (secondary N) is 1. The molecule has 0 saturated carbocycles. The quantitative estimate of drug-likeness (QED) is 0.568. The molecule has 1 fully saturated rings. The molecule has 2 atom stereocenters. The topological polar surface area (TPSA) is 53.9 Å². The Kier molecular flexibility index (Phi) is 4.36. The van der Waals surface area contributed by atoms with Crippen molar-refractivity contribution in [1.29, 1.82) is 0 Å². The van der Waals surface area contributed by atoms with Crippen LogP contribution in [0, 0.1) is 6.92 Å². The Bertz CT molecular complexity index is 1290. The van der Waals surface area contributed by atoms with Crippen LogP contribution in [-0.4, -0.2) is 21.8 Å². The molecule has 3 aliphatic rings. The number of hydrazone groups is 1. The van der Waals surface area contributed by atoms with Gasteiger partial charge in [-0.05, 0) is 47.5 Å². The van der Waals surface area contributed by atoms with Crippen LogP contribution in [0.1, 0.15) is 34.7 Å². The van der Waals surface area contributed by atoms with E-state index < -0.39 is 5.18 Å². The lowest BCUT2D eigenvalue weighted by Gasteiger charge is -2.43. The number of rotatable bonds is 2. The average Bonchev–Trinajstić information content (AvgIpc) is 3.39. The molecule has 158 valence electrons. The molecule has 32 heavy (non-hydrogen) atoms. The number of thioether (sulfide) groups is 1. The van der Waals surface area contributed by atoms with Gasteiger partial charge >= 0.3 is 5.18 Å². The van der Waals surface area contributed by atoms with E-state index in [0.717, 1.165) is 40.1 Å². The van der Waals surface area contributed by atoms with Gasteiger partial charge in [0.25, 0.3) is 5.91 Å². The lowest BCUT2D eigenvalue weighted by atomic mass is 9.97. The predicted molar refractivity (Wildman–Crippen MR) is 127 cm³/mol. The highest BCUT2D eigenvalue weighted by Gasteiger charge is 2.57. The number of hydrogen-bond donors (Lipinski definition) is 1. The third-order valence-electron chi connectivity index (χ3n) is 6.06. The maximum atomic E-state index is 13.1. The minimum absolute atomic E-state index is 0.0132. The summed E-state index contributed by atoms with van der Waals surface area (Å²) in [4.78, 5) is 13.7. The summed E-state index contributed by atoms with van der Waals surface area (Å²) in [6.07, 6.45) is 2.68. The molecular formula is C26H21N3O2S. The average molecular weight is 440 g/mol. The van der Waals surface area contributed by atoms with Gasteiger partial charge in [-0.25, -0.2) is 5.01 Å². The molecule has 0 radical (unpaired) electrons. The van der Waals surface area contributed by atoms with Crippen LogP contribution in [-0.2, 0) is 4.79 Å². The number of hydrogen-bond acceptors (Lipinski definition) is 5. The van der Waals surface area contributed by atoms with Crippen molar-refractivity contribution in [3.05, 3.63) is 106 Å². The summed E-state index contributed by atoms with van der Waals surface area (Å²) in [6.45, 7) is 2.04.